The van der Waals surface area contributed by atoms with Gasteiger partial charge in [-0.1, -0.05) is 0 Å². The third-order valence-corrected chi connectivity index (χ3v) is 4.49. The summed E-state index contributed by atoms with van der Waals surface area (Å²) in [7, 11) is -5.06. The van der Waals surface area contributed by atoms with Crippen LogP contribution in [0.5, 0.6) is 0 Å². The molecule has 0 aromatic carbocycles. The Morgan fingerprint density at radius 2 is 1.71 bits per heavy atom. The molecule has 0 aromatic heterocycles. The van der Waals surface area contributed by atoms with Crippen LogP contribution < -0.4 is 0 Å². The van der Waals surface area contributed by atoms with Crippen LogP contribution in [0.4, 0.5) is 0 Å². The molecule has 0 unspecified atom stereocenters. The van der Waals surface area contributed by atoms with Crippen LogP contribution in [0, 0.1) is 0 Å². The van der Waals surface area contributed by atoms with Crippen LogP contribution >= 0.6 is 16.4 Å². The van der Waals surface area contributed by atoms with Crippen molar-refractivity contribution in [1.29, 1.82) is 0 Å². The van der Waals surface area contributed by atoms with E-state index < -0.39 is 16.4 Å². The third kappa shape index (κ3) is 3.91. The highest BCUT2D eigenvalue weighted by Crippen LogP contribution is 2.62. The maximum atomic E-state index is 11.8. The van der Waals surface area contributed by atoms with E-state index in [-0.39, 0.29) is 13.2 Å². The number of hydrogen-bond acceptors (Lipinski definition) is 6. The van der Waals surface area contributed by atoms with Gasteiger partial charge in [-0.05, 0) is 13.8 Å². The van der Waals surface area contributed by atoms with Gasteiger partial charge < -0.3 is 9.05 Å². The van der Waals surface area contributed by atoms with E-state index in [9.17, 15) is 4.57 Å². The SMILES string of the molecule is CCOP(=O)(OCC)OP1OCCO1. The van der Waals surface area contributed by atoms with E-state index in [0.717, 1.165) is 0 Å². The van der Waals surface area contributed by atoms with Gasteiger partial charge in [-0.15, -0.1) is 0 Å². The van der Waals surface area contributed by atoms with Crippen LogP contribution in [0.1, 0.15) is 13.8 Å². The van der Waals surface area contributed by atoms with Crippen LogP contribution in [-0.4, -0.2) is 26.4 Å². The Hall–Kier alpha value is 0.460. The van der Waals surface area contributed by atoms with Crippen molar-refractivity contribution in [2.24, 2.45) is 0 Å². The average Bonchev–Trinajstić information content (AvgIpc) is 2.57. The fourth-order valence-electron chi connectivity index (χ4n) is 0.790. The Balaban J connectivity index is 2.44. The molecule has 0 spiro atoms. The maximum Gasteiger partial charge on any atom is 0.481 e. The lowest BCUT2D eigenvalue weighted by Crippen LogP contribution is -1.97. The Morgan fingerprint density at radius 3 is 2.14 bits per heavy atom. The van der Waals surface area contributed by atoms with Crippen LogP contribution in [0.15, 0.2) is 0 Å². The Bertz CT molecular complexity index is 194. The van der Waals surface area contributed by atoms with Crippen molar-refractivity contribution in [1.82, 2.24) is 0 Å². The van der Waals surface area contributed by atoms with Gasteiger partial charge in [0.1, 0.15) is 0 Å². The first-order chi connectivity index (χ1) is 6.70. The molecule has 14 heavy (non-hydrogen) atoms. The molecule has 1 aliphatic rings. The highest BCUT2D eigenvalue weighted by molar-refractivity contribution is 7.59. The molecule has 1 heterocycles. The van der Waals surface area contributed by atoms with Crippen molar-refractivity contribution in [2.75, 3.05) is 26.4 Å². The standard InChI is InChI=1S/C6H14O6P2/c1-3-10-14(7,11-4-2)12-13-8-5-6-9-13/h3-6H2,1-2H3. The predicted molar refractivity (Wildman–Crippen MR) is 50.8 cm³/mol. The van der Waals surface area contributed by atoms with Crippen molar-refractivity contribution in [3.8, 4) is 0 Å². The molecule has 0 bridgehead atoms. The van der Waals surface area contributed by atoms with E-state index >= 15 is 0 Å². The summed E-state index contributed by atoms with van der Waals surface area (Å²) in [5, 5.41) is 0. The average molecular weight is 244 g/mol. The highest BCUT2D eigenvalue weighted by Gasteiger charge is 2.34. The summed E-state index contributed by atoms with van der Waals surface area (Å²) < 4.78 is 36.6. The summed E-state index contributed by atoms with van der Waals surface area (Å²) in [6.45, 7) is 4.81. The van der Waals surface area contributed by atoms with Gasteiger partial charge in [0.15, 0.2) is 0 Å². The normalized spacial score (nSPS) is 19.0. The largest absolute Gasteiger partial charge is 0.481 e. The molecule has 0 radical (unpaired) electrons. The van der Waals surface area contributed by atoms with E-state index in [1.165, 1.54) is 0 Å². The zero-order valence-corrected chi connectivity index (χ0v) is 9.96. The molecular weight excluding hydrogens is 230 g/mol. The molecule has 0 aromatic rings. The van der Waals surface area contributed by atoms with Crippen molar-refractivity contribution in [3.63, 3.8) is 0 Å². The molecule has 0 N–H and O–H groups in total. The van der Waals surface area contributed by atoms with E-state index in [1.54, 1.807) is 13.8 Å². The summed E-state index contributed by atoms with van der Waals surface area (Å²) in [6, 6.07) is 0. The Labute approximate surface area is 84.4 Å². The molecule has 0 atom stereocenters. The second-order valence-corrected chi connectivity index (χ2v) is 5.28. The lowest BCUT2D eigenvalue weighted by molar-refractivity contribution is 0.160. The number of hydrogen-bond donors (Lipinski definition) is 0. The topological polar surface area (TPSA) is 63.2 Å². The second kappa shape index (κ2) is 6.13. The van der Waals surface area contributed by atoms with E-state index in [1.807, 2.05) is 0 Å². The molecule has 0 saturated carbocycles. The zero-order valence-electron chi connectivity index (χ0n) is 8.17. The molecule has 6 nitrogen and oxygen atoms in total. The smallest absolute Gasteiger partial charge is 0.309 e. The van der Waals surface area contributed by atoms with Gasteiger partial charge in [-0.25, -0.2) is 8.88 Å². The van der Waals surface area contributed by atoms with E-state index in [0.29, 0.717) is 13.2 Å². The first kappa shape index (κ1) is 12.5. The predicted octanol–water partition coefficient (Wildman–Crippen LogP) is 2.46. The van der Waals surface area contributed by atoms with E-state index in [4.69, 9.17) is 22.4 Å². The van der Waals surface area contributed by atoms with Crippen molar-refractivity contribution < 1.29 is 27.0 Å². The Morgan fingerprint density at radius 1 is 1.21 bits per heavy atom. The minimum absolute atomic E-state index is 0.250. The lowest BCUT2D eigenvalue weighted by atomic mass is 10.8. The number of phosphoric acid groups is 1. The number of phosphoric ester groups is 1. The summed E-state index contributed by atoms with van der Waals surface area (Å²) >= 11 is 0. The fraction of sp³-hybridized carbons (Fsp3) is 1.00. The van der Waals surface area contributed by atoms with Gasteiger partial charge in [0, 0.05) is 0 Å². The van der Waals surface area contributed by atoms with Gasteiger partial charge in [0.05, 0.1) is 26.4 Å². The molecule has 1 fully saturated rings. The summed E-state index contributed by atoms with van der Waals surface area (Å²) in [5.41, 5.74) is 0. The maximum absolute atomic E-state index is 11.8. The Kier molecular flexibility index (Phi) is 5.49. The highest BCUT2D eigenvalue weighted by atomic mass is 31.3. The van der Waals surface area contributed by atoms with Crippen LogP contribution in [0.25, 0.3) is 0 Å². The molecule has 8 heteroatoms. The molecule has 1 saturated heterocycles. The first-order valence-electron chi connectivity index (χ1n) is 4.35. The number of rotatable bonds is 6. The fourth-order valence-corrected chi connectivity index (χ4v) is 3.43. The summed E-state index contributed by atoms with van der Waals surface area (Å²) in [6.07, 6.45) is 0. The molecule has 0 aliphatic carbocycles. The van der Waals surface area contributed by atoms with Crippen molar-refractivity contribution >= 4 is 16.4 Å². The van der Waals surface area contributed by atoms with Gasteiger partial charge in [0.2, 0.25) is 0 Å². The minimum Gasteiger partial charge on any atom is -0.309 e. The van der Waals surface area contributed by atoms with Crippen LogP contribution in [-0.2, 0) is 27.0 Å². The molecule has 1 aliphatic heterocycles. The molecule has 1 rings (SSSR count). The van der Waals surface area contributed by atoms with Crippen LogP contribution in [0.3, 0.4) is 0 Å². The van der Waals surface area contributed by atoms with Crippen LogP contribution in [0.2, 0.25) is 0 Å². The summed E-state index contributed by atoms with van der Waals surface area (Å²) in [5.74, 6) is 0. The molecule has 0 amide bonds. The zero-order chi connectivity index (χ0) is 10.4. The van der Waals surface area contributed by atoms with E-state index in [2.05, 4.69) is 0 Å². The van der Waals surface area contributed by atoms with Crippen molar-refractivity contribution in [2.45, 2.75) is 13.8 Å². The van der Waals surface area contributed by atoms with Gasteiger partial charge in [-0.2, -0.15) is 0 Å². The van der Waals surface area contributed by atoms with Gasteiger partial charge in [-0.3, -0.25) is 9.05 Å². The van der Waals surface area contributed by atoms with Gasteiger partial charge in [0.25, 0.3) is 0 Å². The monoisotopic (exact) mass is 244 g/mol. The third-order valence-electron chi connectivity index (χ3n) is 1.22. The quantitative estimate of drug-likeness (QED) is 0.668. The summed E-state index contributed by atoms with van der Waals surface area (Å²) in [4.78, 5) is 0. The van der Waals surface area contributed by atoms with Crippen molar-refractivity contribution in [3.05, 3.63) is 0 Å². The molecule has 84 valence electrons. The lowest BCUT2D eigenvalue weighted by Gasteiger charge is -2.17. The molecular formula is C6H14O6P2. The first-order valence-corrected chi connectivity index (χ1v) is 6.90. The minimum atomic E-state index is -3.49. The second-order valence-electron chi connectivity index (χ2n) is 2.25. The van der Waals surface area contributed by atoms with Gasteiger partial charge >= 0.3 is 16.4 Å².